The molecule has 0 spiro atoms. The lowest BCUT2D eigenvalue weighted by atomic mass is 10.0. The molecule has 37 heavy (non-hydrogen) atoms. The number of hydrogen-bond donors (Lipinski definition) is 3. The van der Waals surface area contributed by atoms with Crippen molar-refractivity contribution in [1.29, 1.82) is 0 Å². The van der Waals surface area contributed by atoms with Gasteiger partial charge in [0.2, 0.25) is 11.8 Å². The van der Waals surface area contributed by atoms with Gasteiger partial charge >= 0.3 is 6.03 Å². The second-order valence-electron chi connectivity index (χ2n) is 10.2. The largest absolute Gasteiger partial charge is 0.356 e. The van der Waals surface area contributed by atoms with Gasteiger partial charge in [-0.25, -0.2) is 9.18 Å². The van der Waals surface area contributed by atoms with Crippen LogP contribution in [0.3, 0.4) is 0 Å². The van der Waals surface area contributed by atoms with E-state index in [1.54, 1.807) is 17.0 Å². The molecule has 4 amide bonds. The molecule has 8 heteroatoms. The molecule has 1 heterocycles. The van der Waals surface area contributed by atoms with Crippen LogP contribution in [-0.4, -0.2) is 41.9 Å². The number of benzene rings is 2. The first-order valence-corrected chi connectivity index (χ1v) is 13.3. The second kappa shape index (κ2) is 12.7. The third kappa shape index (κ3) is 7.31. The summed E-state index contributed by atoms with van der Waals surface area (Å²) in [5.74, 6) is -1.46. The maximum absolute atomic E-state index is 13.5. The summed E-state index contributed by atoms with van der Waals surface area (Å²) in [6, 6.07) is 13.6. The molecule has 1 aliphatic carbocycles. The lowest BCUT2D eigenvalue weighted by Crippen LogP contribution is -2.50. The van der Waals surface area contributed by atoms with Crippen molar-refractivity contribution in [2.24, 2.45) is 11.8 Å². The highest BCUT2D eigenvalue weighted by Gasteiger charge is 2.45. The molecule has 2 aromatic carbocycles. The smallest absolute Gasteiger partial charge is 0.317 e. The highest BCUT2D eigenvalue weighted by Crippen LogP contribution is 2.36. The zero-order valence-corrected chi connectivity index (χ0v) is 21.5. The Kier molecular flexibility index (Phi) is 9.14. The van der Waals surface area contributed by atoms with Gasteiger partial charge in [-0.2, -0.15) is 0 Å². The molecule has 2 aliphatic rings. The number of halogens is 1. The van der Waals surface area contributed by atoms with E-state index in [0.717, 1.165) is 36.8 Å². The molecule has 1 aliphatic heterocycles. The number of carbonyl (C=O) groups excluding carboxylic acids is 3. The Hall–Kier alpha value is -3.42. The first kappa shape index (κ1) is 26.6. The quantitative estimate of drug-likeness (QED) is 0.569. The summed E-state index contributed by atoms with van der Waals surface area (Å²) in [7, 11) is 0. The van der Waals surface area contributed by atoms with Gasteiger partial charge < -0.3 is 20.9 Å². The summed E-state index contributed by atoms with van der Waals surface area (Å²) in [5, 5.41) is 8.96. The molecule has 2 aromatic rings. The summed E-state index contributed by atoms with van der Waals surface area (Å²) in [5.41, 5.74) is 2.84. The topological polar surface area (TPSA) is 90.5 Å². The lowest BCUT2D eigenvalue weighted by Gasteiger charge is -2.32. The summed E-state index contributed by atoms with van der Waals surface area (Å²) in [4.78, 5) is 41.4. The number of fused-ring (bicyclic) bond motifs is 1. The Balaban J connectivity index is 1.46. The standard InChI is InChI=1S/C29H37FN4O3/c1-20-9-11-21(12-10-20)18-33-29(37)34-14-5-3-2-4-13-31-28(36)25-16-23(17-26(25)34)27(35)32-19-22-7-6-8-24(30)15-22/h6-12,15,23,25-26H,2-5,13-14,16-19H2,1H3,(H,31,36)(H,32,35)(H,33,37)/t23-,25-,26+/m1/s1. The van der Waals surface area contributed by atoms with Gasteiger partial charge in [0.05, 0.1) is 5.92 Å². The third-order valence-electron chi connectivity index (χ3n) is 7.44. The van der Waals surface area contributed by atoms with Crippen LogP contribution in [0.15, 0.2) is 48.5 Å². The SMILES string of the molecule is Cc1ccc(CNC(=O)N2CCCCCCNC(=O)[C@@H]3C[C@@H](C(=O)NCc4cccc(F)c4)C[C@@H]32)cc1. The van der Waals surface area contributed by atoms with E-state index in [2.05, 4.69) is 16.0 Å². The van der Waals surface area contributed by atoms with Crippen LogP contribution in [0.4, 0.5) is 9.18 Å². The monoisotopic (exact) mass is 508 g/mol. The van der Waals surface area contributed by atoms with Gasteiger partial charge in [-0.3, -0.25) is 9.59 Å². The second-order valence-corrected chi connectivity index (χ2v) is 10.2. The van der Waals surface area contributed by atoms with Gasteiger partial charge in [0.15, 0.2) is 0 Å². The van der Waals surface area contributed by atoms with Crippen molar-refractivity contribution in [1.82, 2.24) is 20.9 Å². The van der Waals surface area contributed by atoms with Gasteiger partial charge in [0.25, 0.3) is 0 Å². The maximum Gasteiger partial charge on any atom is 0.317 e. The molecule has 2 fully saturated rings. The van der Waals surface area contributed by atoms with Crippen LogP contribution in [0, 0.1) is 24.6 Å². The molecule has 1 saturated heterocycles. The molecule has 1 saturated carbocycles. The predicted octanol–water partition coefficient (Wildman–Crippen LogP) is 4.05. The fourth-order valence-corrected chi connectivity index (χ4v) is 5.34. The lowest BCUT2D eigenvalue weighted by molar-refractivity contribution is -0.126. The molecule has 0 radical (unpaired) electrons. The van der Waals surface area contributed by atoms with E-state index in [0.29, 0.717) is 38.0 Å². The number of hydrogen-bond acceptors (Lipinski definition) is 3. The molecule has 0 unspecified atom stereocenters. The van der Waals surface area contributed by atoms with Crippen molar-refractivity contribution < 1.29 is 18.8 Å². The summed E-state index contributed by atoms with van der Waals surface area (Å²) < 4.78 is 13.5. The first-order chi connectivity index (χ1) is 17.9. The summed E-state index contributed by atoms with van der Waals surface area (Å²) in [6.45, 7) is 3.79. The van der Waals surface area contributed by atoms with E-state index >= 15 is 0 Å². The number of nitrogens with one attached hydrogen (secondary N) is 3. The normalized spacial score (nSPS) is 22.4. The van der Waals surface area contributed by atoms with E-state index in [4.69, 9.17) is 0 Å². The predicted molar refractivity (Wildman–Crippen MR) is 140 cm³/mol. The van der Waals surface area contributed by atoms with E-state index in [9.17, 15) is 18.8 Å². The minimum absolute atomic E-state index is 0.0938. The molecule has 4 rings (SSSR count). The Morgan fingerprint density at radius 3 is 2.51 bits per heavy atom. The molecule has 3 N–H and O–H groups in total. The Morgan fingerprint density at radius 1 is 0.973 bits per heavy atom. The van der Waals surface area contributed by atoms with Crippen LogP contribution in [0.5, 0.6) is 0 Å². The molecule has 198 valence electrons. The van der Waals surface area contributed by atoms with Gasteiger partial charge in [0, 0.05) is 38.1 Å². The Labute approximate surface area is 218 Å². The number of aryl methyl sites for hydroxylation is 1. The van der Waals surface area contributed by atoms with Crippen molar-refractivity contribution in [3.05, 3.63) is 71.0 Å². The van der Waals surface area contributed by atoms with E-state index in [1.807, 2.05) is 31.2 Å². The van der Waals surface area contributed by atoms with Crippen molar-refractivity contribution in [2.75, 3.05) is 13.1 Å². The number of amides is 4. The zero-order valence-electron chi connectivity index (χ0n) is 21.5. The molecular weight excluding hydrogens is 471 g/mol. The fourth-order valence-electron chi connectivity index (χ4n) is 5.34. The molecular formula is C29H37FN4O3. The first-order valence-electron chi connectivity index (χ1n) is 13.3. The fraction of sp³-hybridized carbons (Fsp3) is 0.483. The number of rotatable bonds is 5. The molecule has 3 atom stereocenters. The molecule has 0 bridgehead atoms. The van der Waals surface area contributed by atoms with Gasteiger partial charge in [-0.15, -0.1) is 0 Å². The summed E-state index contributed by atoms with van der Waals surface area (Å²) in [6.07, 6.45) is 4.54. The van der Waals surface area contributed by atoms with Crippen LogP contribution in [0.1, 0.15) is 55.2 Å². The Bertz CT molecular complexity index is 1090. The van der Waals surface area contributed by atoms with Crippen molar-refractivity contribution >= 4 is 17.8 Å². The summed E-state index contributed by atoms with van der Waals surface area (Å²) >= 11 is 0. The minimum atomic E-state index is -0.451. The van der Waals surface area contributed by atoms with E-state index < -0.39 is 11.8 Å². The van der Waals surface area contributed by atoms with E-state index in [1.165, 1.54) is 12.1 Å². The van der Waals surface area contributed by atoms with Crippen LogP contribution < -0.4 is 16.0 Å². The van der Waals surface area contributed by atoms with Crippen LogP contribution >= 0.6 is 0 Å². The average Bonchev–Trinajstić information content (AvgIpc) is 3.32. The van der Waals surface area contributed by atoms with Crippen LogP contribution in [0.2, 0.25) is 0 Å². The van der Waals surface area contributed by atoms with Crippen molar-refractivity contribution in [3.63, 3.8) is 0 Å². The average molecular weight is 509 g/mol. The minimum Gasteiger partial charge on any atom is -0.356 e. The van der Waals surface area contributed by atoms with E-state index in [-0.39, 0.29) is 36.2 Å². The Morgan fingerprint density at radius 2 is 1.73 bits per heavy atom. The van der Waals surface area contributed by atoms with Crippen LogP contribution in [-0.2, 0) is 22.7 Å². The number of nitrogens with zero attached hydrogens (tertiary/aromatic N) is 1. The third-order valence-corrected chi connectivity index (χ3v) is 7.44. The molecule has 7 nitrogen and oxygen atoms in total. The highest BCUT2D eigenvalue weighted by atomic mass is 19.1. The zero-order chi connectivity index (χ0) is 26.2. The van der Waals surface area contributed by atoms with Gasteiger partial charge in [-0.05, 0) is 55.9 Å². The van der Waals surface area contributed by atoms with Gasteiger partial charge in [0.1, 0.15) is 5.82 Å². The van der Waals surface area contributed by atoms with Crippen molar-refractivity contribution in [2.45, 2.75) is 64.6 Å². The number of carbonyl (C=O) groups is 3. The van der Waals surface area contributed by atoms with Crippen molar-refractivity contribution in [3.8, 4) is 0 Å². The van der Waals surface area contributed by atoms with Gasteiger partial charge in [-0.1, -0.05) is 54.8 Å². The number of urea groups is 1. The van der Waals surface area contributed by atoms with Crippen LogP contribution in [0.25, 0.3) is 0 Å². The maximum atomic E-state index is 13.5. The molecule has 0 aromatic heterocycles. The highest BCUT2D eigenvalue weighted by molar-refractivity contribution is 5.85.